The summed E-state index contributed by atoms with van der Waals surface area (Å²) in [5.41, 5.74) is 9.58. The van der Waals surface area contributed by atoms with Crippen LogP contribution < -0.4 is 21.1 Å². The molecule has 1 aliphatic heterocycles. The van der Waals surface area contributed by atoms with Crippen LogP contribution in [0.5, 0.6) is 5.88 Å². The molecule has 0 radical (unpaired) electrons. The van der Waals surface area contributed by atoms with Gasteiger partial charge in [-0.05, 0) is 36.7 Å². The molecule has 4 N–H and O–H groups in total. The summed E-state index contributed by atoms with van der Waals surface area (Å²) in [7, 11) is 1.71. The van der Waals surface area contributed by atoms with Crippen molar-refractivity contribution >= 4 is 33.4 Å². The Morgan fingerprint density at radius 3 is 2.64 bits per heavy atom. The normalized spacial score (nSPS) is 15.1. The highest BCUT2D eigenvalue weighted by Crippen LogP contribution is 2.29. The van der Waals surface area contributed by atoms with Gasteiger partial charge in [0.1, 0.15) is 6.10 Å². The Kier molecular flexibility index (Phi) is 9.94. The van der Waals surface area contributed by atoms with Crippen molar-refractivity contribution < 1.29 is 4.74 Å². The zero-order valence-electron chi connectivity index (χ0n) is 18.7. The Morgan fingerprint density at radius 1 is 1.21 bits per heavy atom. The second kappa shape index (κ2) is 13.4. The summed E-state index contributed by atoms with van der Waals surface area (Å²) < 4.78 is 7.11. The number of nitrogens with zero attached hydrogens (tertiary/aromatic N) is 2. The summed E-state index contributed by atoms with van der Waals surface area (Å²) in [6.07, 6.45) is 6.01. The second-order valence-electron chi connectivity index (χ2n) is 7.45. The number of benzene rings is 2. The number of ether oxygens (including phenoxy) is 1. The van der Waals surface area contributed by atoms with E-state index in [4.69, 9.17) is 10.5 Å². The van der Waals surface area contributed by atoms with Crippen LogP contribution in [0.3, 0.4) is 0 Å². The van der Waals surface area contributed by atoms with Crippen LogP contribution in [0.1, 0.15) is 11.1 Å². The fraction of sp³-hybridized carbons (Fsp3) is 0.231. The van der Waals surface area contributed by atoms with Gasteiger partial charge in [0.15, 0.2) is 0 Å². The highest BCUT2D eigenvalue weighted by molar-refractivity contribution is 9.10. The molecule has 1 aliphatic rings. The molecule has 0 saturated carbocycles. The van der Waals surface area contributed by atoms with Gasteiger partial charge >= 0.3 is 0 Å². The number of pyridine rings is 1. The number of aliphatic imine (C=N–C) groups is 1. The third kappa shape index (κ3) is 8.04. The largest absolute Gasteiger partial charge is 0.470 e. The van der Waals surface area contributed by atoms with Crippen LogP contribution in [0.15, 0.2) is 88.6 Å². The molecule has 0 fully saturated rings. The summed E-state index contributed by atoms with van der Waals surface area (Å²) in [5, 5.41) is 6.85. The first-order valence-corrected chi connectivity index (χ1v) is 11.7. The maximum absolute atomic E-state index is 6.00. The number of nitrogens with two attached hydrogens (primary N) is 1. The van der Waals surface area contributed by atoms with Gasteiger partial charge < -0.3 is 21.1 Å². The molecule has 172 valence electrons. The molecule has 33 heavy (non-hydrogen) atoms. The van der Waals surface area contributed by atoms with Crippen LogP contribution in [-0.2, 0) is 6.42 Å². The van der Waals surface area contributed by atoms with Crippen molar-refractivity contribution in [1.82, 2.24) is 10.3 Å². The van der Waals surface area contributed by atoms with Crippen LogP contribution >= 0.6 is 15.9 Å². The Hall–Kier alpha value is -3.16. The van der Waals surface area contributed by atoms with E-state index in [1.165, 1.54) is 11.8 Å². The van der Waals surface area contributed by atoms with Crippen molar-refractivity contribution in [3.05, 3.63) is 94.7 Å². The SMILES string of the molecule is CN=C/C(=C\N)c1cnc2c(c1)NCC(CNCCc1cccc(Br)c1)O2.c1ccccc1. The average Bonchev–Trinajstić information content (AvgIpc) is 2.86. The molecule has 4 rings (SSSR count). The third-order valence-electron chi connectivity index (χ3n) is 4.95. The topological polar surface area (TPSA) is 84.6 Å². The van der Waals surface area contributed by atoms with Crippen LogP contribution in [0, 0.1) is 0 Å². The van der Waals surface area contributed by atoms with E-state index in [2.05, 4.69) is 54.7 Å². The lowest BCUT2D eigenvalue weighted by Crippen LogP contribution is -2.40. The molecule has 0 spiro atoms. The zero-order chi connectivity index (χ0) is 23.3. The molecule has 3 aromatic rings. The lowest BCUT2D eigenvalue weighted by Gasteiger charge is -2.27. The first kappa shape index (κ1) is 24.5. The van der Waals surface area contributed by atoms with E-state index in [9.17, 15) is 0 Å². The van der Waals surface area contributed by atoms with Crippen molar-refractivity contribution in [1.29, 1.82) is 0 Å². The van der Waals surface area contributed by atoms with Gasteiger partial charge in [-0.25, -0.2) is 4.98 Å². The van der Waals surface area contributed by atoms with Gasteiger partial charge in [-0.3, -0.25) is 4.99 Å². The van der Waals surface area contributed by atoms with E-state index < -0.39 is 0 Å². The van der Waals surface area contributed by atoms with Crippen molar-refractivity contribution in [2.45, 2.75) is 12.5 Å². The van der Waals surface area contributed by atoms with E-state index in [-0.39, 0.29) is 6.10 Å². The minimum absolute atomic E-state index is 0.0417. The fourth-order valence-corrected chi connectivity index (χ4v) is 3.74. The molecule has 1 aromatic heterocycles. The van der Waals surface area contributed by atoms with E-state index in [0.717, 1.165) is 47.4 Å². The Labute approximate surface area is 204 Å². The van der Waals surface area contributed by atoms with Crippen molar-refractivity contribution in [2.24, 2.45) is 10.7 Å². The number of anilines is 1. The molecule has 0 amide bonds. The van der Waals surface area contributed by atoms with Gasteiger partial charge in [-0.15, -0.1) is 0 Å². The van der Waals surface area contributed by atoms with Crippen molar-refractivity contribution in [2.75, 3.05) is 32.0 Å². The molecule has 2 aromatic carbocycles. The summed E-state index contributed by atoms with van der Waals surface area (Å²) >= 11 is 3.50. The van der Waals surface area contributed by atoms with E-state index in [0.29, 0.717) is 5.88 Å². The molecule has 7 heteroatoms. The number of rotatable bonds is 7. The zero-order valence-corrected chi connectivity index (χ0v) is 20.3. The van der Waals surface area contributed by atoms with Crippen molar-refractivity contribution in [3.63, 3.8) is 0 Å². The number of fused-ring (bicyclic) bond motifs is 1. The van der Waals surface area contributed by atoms with Gasteiger partial charge in [0.05, 0.1) is 12.2 Å². The van der Waals surface area contributed by atoms with Gasteiger partial charge in [0, 0.05) is 47.8 Å². The maximum Gasteiger partial charge on any atom is 0.237 e. The minimum atomic E-state index is 0.0417. The summed E-state index contributed by atoms with van der Waals surface area (Å²) in [6.45, 7) is 2.39. The second-order valence-corrected chi connectivity index (χ2v) is 8.36. The number of aromatic nitrogens is 1. The smallest absolute Gasteiger partial charge is 0.237 e. The standard InChI is InChI=1S/C20H24BrN5O.C6H6/c1-23-10-16(9-22)15-8-19-20(26-11-15)27-18(13-25-19)12-24-6-5-14-3-2-4-17(21)7-14;1-2-4-6-5-3-1/h2-4,7-11,18,24-25H,5-6,12-13,22H2,1H3;1-6H/b16-9+,23-10?;. The van der Waals surface area contributed by atoms with E-state index in [1.54, 1.807) is 19.5 Å². The van der Waals surface area contributed by atoms with E-state index >= 15 is 0 Å². The number of hydrogen-bond donors (Lipinski definition) is 3. The third-order valence-corrected chi connectivity index (χ3v) is 5.44. The lowest BCUT2D eigenvalue weighted by atomic mass is 10.1. The highest BCUT2D eigenvalue weighted by atomic mass is 79.9. The minimum Gasteiger partial charge on any atom is -0.470 e. The molecular formula is C26H30BrN5O. The predicted molar refractivity (Wildman–Crippen MR) is 141 cm³/mol. The summed E-state index contributed by atoms with van der Waals surface area (Å²) in [4.78, 5) is 8.44. The maximum atomic E-state index is 6.00. The molecule has 1 unspecified atom stereocenters. The molecule has 0 aliphatic carbocycles. The van der Waals surface area contributed by atoms with Crippen LogP contribution in [-0.4, -0.2) is 44.0 Å². The van der Waals surface area contributed by atoms with Gasteiger partial charge in [-0.2, -0.15) is 0 Å². The lowest BCUT2D eigenvalue weighted by molar-refractivity contribution is 0.194. The molecular weight excluding hydrogens is 478 g/mol. The monoisotopic (exact) mass is 507 g/mol. The number of nitrogens with one attached hydrogen (secondary N) is 2. The fourth-order valence-electron chi connectivity index (χ4n) is 3.29. The molecule has 0 saturated heterocycles. The average molecular weight is 508 g/mol. The molecule has 2 heterocycles. The van der Waals surface area contributed by atoms with Gasteiger partial charge in [0.2, 0.25) is 5.88 Å². The van der Waals surface area contributed by atoms with Crippen LogP contribution in [0.2, 0.25) is 0 Å². The van der Waals surface area contributed by atoms with Crippen LogP contribution in [0.25, 0.3) is 5.57 Å². The number of halogens is 1. The summed E-state index contributed by atoms with van der Waals surface area (Å²) in [5.74, 6) is 0.619. The Morgan fingerprint density at radius 2 is 1.97 bits per heavy atom. The first-order valence-electron chi connectivity index (χ1n) is 10.9. The highest BCUT2D eigenvalue weighted by Gasteiger charge is 2.20. The molecule has 6 nitrogen and oxygen atoms in total. The van der Waals surface area contributed by atoms with Gasteiger partial charge in [0.25, 0.3) is 0 Å². The van der Waals surface area contributed by atoms with Crippen LogP contribution in [0.4, 0.5) is 5.69 Å². The number of allylic oxidation sites excluding steroid dienone is 1. The Bertz CT molecular complexity index is 1030. The van der Waals surface area contributed by atoms with Crippen molar-refractivity contribution in [3.8, 4) is 5.88 Å². The molecule has 0 bridgehead atoms. The van der Waals surface area contributed by atoms with Gasteiger partial charge in [-0.1, -0.05) is 64.5 Å². The first-order chi connectivity index (χ1) is 16.2. The van der Waals surface area contributed by atoms with E-state index in [1.807, 2.05) is 48.5 Å². The quantitative estimate of drug-likeness (QED) is 0.323. The molecule has 1 atom stereocenters. The Balaban J connectivity index is 0.000000442. The summed E-state index contributed by atoms with van der Waals surface area (Å²) in [6, 6.07) is 22.4. The predicted octanol–water partition coefficient (Wildman–Crippen LogP) is 4.54. The number of hydrogen-bond acceptors (Lipinski definition) is 6.